The summed E-state index contributed by atoms with van der Waals surface area (Å²) in [4.78, 5) is 0. The normalized spacial score (nSPS) is 21.2. The van der Waals surface area contributed by atoms with Crippen LogP contribution in [0.5, 0.6) is 0 Å². The fraction of sp³-hybridized carbons (Fsp3) is 0.500. The van der Waals surface area contributed by atoms with E-state index in [4.69, 9.17) is 5.73 Å². The van der Waals surface area contributed by atoms with Crippen LogP contribution < -0.4 is 5.73 Å². The van der Waals surface area contributed by atoms with Gasteiger partial charge < -0.3 is 5.73 Å². The van der Waals surface area contributed by atoms with E-state index in [9.17, 15) is 0 Å². The highest BCUT2D eigenvalue weighted by Gasteiger charge is 2.16. The maximum atomic E-state index is 6.07. The van der Waals surface area contributed by atoms with Gasteiger partial charge in [-0.1, -0.05) is 25.1 Å². The van der Waals surface area contributed by atoms with Crippen molar-refractivity contribution < 1.29 is 0 Å². The number of hydrogen-bond donors (Lipinski definition) is 1. The molecule has 1 aliphatic carbocycles. The summed E-state index contributed by atoms with van der Waals surface area (Å²) in [5, 5.41) is 0. The van der Waals surface area contributed by atoms with Crippen molar-refractivity contribution in [3.05, 3.63) is 34.9 Å². The third-order valence-electron chi connectivity index (χ3n) is 2.98. The molecule has 1 nitrogen and oxygen atoms in total. The molecule has 0 saturated heterocycles. The average Bonchev–Trinajstić information content (AvgIpc) is 2.18. The van der Waals surface area contributed by atoms with Gasteiger partial charge in [0.2, 0.25) is 0 Å². The molecule has 0 aromatic heterocycles. The summed E-state index contributed by atoms with van der Waals surface area (Å²) in [6.07, 6.45) is 4.73. The van der Waals surface area contributed by atoms with Crippen molar-refractivity contribution in [2.24, 2.45) is 5.73 Å². The Kier molecular flexibility index (Phi) is 2.36. The third-order valence-corrected chi connectivity index (χ3v) is 2.98. The van der Waals surface area contributed by atoms with Gasteiger partial charge in [0.25, 0.3) is 0 Å². The number of fused-ring (bicyclic) bond motifs is 1. The second-order valence-corrected chi connectivity index (χ2v) is 3.89. The van der Waals surface area contributed by atoms with Crippen LogP contribution in [0.25, 0.3) is 0 Å². The molecule has 1 aromatic rings. The first-order valence-corrected chi connectivity index (χ1v) is 5.18. The molecule has 2 N–H and O–H groups in total. The fourth-order valence-electron chi connectivity index (χ4n) is 2.11. The molecule has 0 amide bonds. The van der Waals surface area contributed by atoms with Crippen LogP contribution in [0.15, 0.2) is 18.2 Å². The van der Waals surface area contributed by atoms with Crippen molar-refractivity contribution in [3.63, 3.8) is 0 Å². The lowest BCUT2D eigenvalue weighted by molar-refractivity contribution is 0.569. The summed E-state index contributed by atoms with van der Waals surface area (Å²) in [5.74, 6) is 0. The standard InChI is InChI=1S/C12H17N/c1-2-9-6-7-10-4-3-5-12(13)11(10)8-9/h6-8,12H,2-5,13H2,1H3. The van der Waals surface area contributed by atoms with E-state index in [1.165, 1.54) is 29.5 Å². The van der Waals surface area contributed by atoms with E-state index in [1.807, 2.05) is 0 Å². The Balaban J connectivity index is 2.41. The first-order valence-electron chi connectivity index (χ1n) is 5.18. The molecule has 0 bridgehead atoms. The van der Waals surface area contributed by atoms with Gasteiger partial charge in [-0.25, -0.2) is 0 Å². The van der Waals surface area contributed by atoms with Crippen LogP contribution in [0.2, 0.25) is 0 Å². The van der Waals surface area contributed by atoms with E-state index in [1.54, 1.807) is 0 Å². The summed E-state index contributed by atoms with van der Waals surface area (Å²) >= 11 is 0. The van der Waals surface area contributed by atoms with E-state index in [2.05, 4.69) is 25.1 Å². The highest BCUT2D eigenvalue weighted by atomic mass is 14.6. The number of nitrogens with two attached hydrogens (primary N) is 1. The molecule has 0 aliphatic heterocycles. The monoisotopic (exact) mass is 175 g/mol. The molecule has 13 heavy (non-hydrogen) atoms. The van der Waals surface area contributed by atoms with Crippen molar-refractivity contribution in [2.45, 2.75) is 38.6 Å². The van der Waals surface area contributed by atoms with Gasteiger partial charge in [-0.05, 0) is 42.4 Å². The van der Waals surface area contributed by atoms with Gasteiger partial charge in [0, 0.05) is 6.04 Å². The predicted molar refractivity (Wildman–Crippen MR) is 55.7 cm³/mol. The minimum absolute atomic E-state index is 0.287. The summed E-state index contributed by atoms with van der Waals surface area (Å²) in [7, 11) is 0. The molecule has 2 rings (SSSR count). The third kappa shape index (κ3) is 1.61. The highest BCUT2D eigenvalue weighted by Crippen LogP contribution is 2.28. The molecular weight excluding hydrogens is 158 g/mol. The Morgan fingerprint density at radius 1 is 1.46 bits per heavy atom. The van der Waals surface area contributed by atoms with Gasteiger partial charge in [0.15, 0.2) is 0 Å². The van der Waals surface area contributed by atoms with Crippen molar-refractivity contribution in [3.8, 4) is 0 Å². The number of aryl methyl sites for hydroxylation is 2. The van der Waals surface area contributed by atoms with E-state index in [0.29, 0.717) is 0 Å². The fourth-order valence-corrected chi connectivity index (χ4v) is 2.11. The molecule has 0 fully saturated rings. The highest BCUT2D eigenvalue weighted by molar-refractivity contribution is 5.35. The number of benzene rings is 1. The number of rotatable bonds is 1. The maximum Gasteiger partial charge on any atom is 0.0297 e. The first-order chi connectivity index (χ1) is 6.31. The van der Waals surface area contributed by atoms with Crippen molar-refractivity contribution >= 4 is 0 Å². The van der Waals surface area contributed by atoms with Crippen LogP contribution in [0, 0.1) is 0 Å². The SMILES string of the molecule is CCc1ccc2c(c1)C(N)CCC2. The predicted octanol–water partition coefficient (Wildman–Crippen LogP) is 2.59. The summed E-state index contributed by atoms with van der Waals surface area (Å²) in [6.45, 7) is 2.19. The van der Waals surface area contributed by atoms with E-state index in [0.717, 1.165) is 12.8 Å². The molecule has 70 valence electrons. The second kappa shape index (κ2) is 3.51. The second-order valence-electron chi connectivity index (χ2n) is 3.89. The first kappa shape index (κ1) is 8.76. The minimum atomic E-state index is 0.287. The zero-order valence-electron chi connectivity index (χ0n) is 8.22. The average molecular weight is 175 g/mol. The summed E-state index contributed by atoms with van der Waals surface area (Å²) < 4.78 is 0. The van der Waals surface area contributed by atoms with E-state index >= 15 is 0 Å². The molecule has 0 heterocycles. The van der Waals surface area contributed by atoms with Gasteiger partial charge in [-0.2, -0.15) is 0 Å². The van der Waals surface area contributed by atoms with Crippen LogP contribution >= 0.6 is 0 Å². The Labute approximate surface area is 80.0 Å². The molecular formula is C12H17N. The quantitative estimate of drug-likeness (QED) is 0.697. The molecule has 0 radical (unpaired) electrons. The lowest BCUT2D eigenvalue weighted by Gasteiger charge is -2.22. The molecule has 1 aliphatic rings. The molecule has 0 saturated carbocycles. The lowest BCUT2D eigenvalue weighted by atomic mass is 9.87. The molecule has 1 atom stereocenters. The topological polar surface area (TPSA) is 26.0 Å². The Morgan fingerprint density at radius 3 is 3.08 bits per heavy atom. The van der Waals surface area contributed by atoms with Crippen molar-refractivity contribution in [2.75, 3.05) is 0 Å². The van der Waals surface area contributed by atoms with Crippen LogP contribution in [-0.4, -0.2) is 0 Å². The molecule has 1 heteroatoms. The molecule has 1 aromatic carbocycles. The van der Waals surface area contributed by atoms with Gasteiger partial charge in [-0.3, -0.25) is 0 Å². The van der Waals surface area contributed by atoms with Crippen molar-refractivity contribution in [1.29, 1.82) is 0 Å². The van der Waals surface area contributed by atoms with Crippen LogP contribution in [0.4, 0.5) is 0 Å². The van der Waals surface area contributed by atoms with Crippen LogP contribution in [0.1, 0.15) is 42.5 Å². The van der Waals surface area contributed by atoms with E-state index in [-0.39, 0.29) is 6.04 Å². The largest absolute Gasteiger partial charge is 0.324 e. The summed E-state index contributed by atoms with van der Waals surface area (Å²) in [5.41, 5.74) is 10.3. The zero-order chi connectivity index (χ0) is 9.26. The minimum Gasteiger partial charge on any atom is -0.324 e. The van der Waals surface area contributed by atoms with Gasteiger partial charge >= 0.3 is 0 Å². The Bertz CT molecular complexity index is 304. The van der Waals surface area contributed by atoms with Gasteiger partial charge in [0.1, 0.15) is 0 Å². The lowest BCUT2D eigenvalue weighted by Crippen LogP contribution is -2.17. The molecule has 1 unspecified atom stereocenters. The maximum absolute atomic E-state index is 6.07. The van der Waals surface area contributed by atoms with Gasteiger partial charge in [0.05, 0.1) is 0 Å². The Morgan fingerprint density at radius 2 is 2.31 bits per heavy atom. The Hall–Kier alpha value is -0.820. The number of hydrogen-bond acceptors (Lipinski definition) is 1. The molecule has 0 spiro atoms. The van der Waals surface area contributed by atoms with Gasteiger partial charge in [-0.15, -0.1) is 0 Å². The van der Waals surface area contributed by atoms with Crippen LogP contribution in [-0.2, 0) is 12.8 Å². The van der Waals surface area contributed by atoms with Crippen LogP contribution in [0.3, 0.4) is 0 Å². The van der Waals surface area contributed by atoms with Crippen molar-refractivity contribution in [1.82, 2.24) is 0 Å². The smallest absolute Gasteiger partial charge is 0.0297 e. The zero-order valence-corrected chi connectivity index (χ0v) is 8.22. The summed E-state index contributed by atoms with van der Waals surface area (Å²) in [6, 6.07) is 7.07. The van der Waals surface area contributed by atoms with E-state index < -0.39 is 0 Å².